The summed E-state index contributed by atoms with van der Waals surface area (Å²) in [5, 5.41) is 7.12. The van der Waals surface area contributed by atoms with Crippen LogP contribution in [0.25, 0.3) is 11.0 Å². The average molecular weight is 407 g/mol. The van der Waals surface area contributed by atoms with Crippen LogP contribution >= 0.6 is 11.8 Å². The van der Waals surface area contributed by atoms with Crippen LogP contribution in [0.5, 0.6) is 0 Å². The van der Waals surface area contributed by atoms with E-state index in [1.54, 1.807) is 13.0 Å². The van der Waals surface area contributed by atoms with E-state index >= 15 is 0 Å². The number of rotatable bonds is 7. The standard InChI is InChI=1S/C22H22N4O2S/c1-15-14-20(25-28-15)24-21(27)16(2)29-22-23-18-10-6-7-11-19(18)26(22)13-12-17-8-4-3-5-9-17/h3-11,14,16H,12-13H2,1-2H3,(H,24,25,27). The minimum Gasteiger partial charge on any atom is -0.360 e. The van der Waals surface area contributed by atoms with Crippen LogP contribution in [0.2, 0.25) is 0 Å². The van der Waals surface area contributed by atoms with Gasteiger partial charge in [0.2, 0.25) is 5.91 Å². The van der Waals surface area contributed by atoms with Crippen LogP contribution in [0.3, 0.4) is 0 Å². The Balaban J connectivity index is 1.53. The van der Waals surface area contributed by atoms with Gasteiger partial charge in [-0.15, -0.1) is 0 Å². The van der Waals surface area contributed by atoms with E-state index in [1.165, 1.54) is 17.3 Å². The van der Waals surface area contributed by atoms with Crippen molar-refractivity contribution in [2.75, 3.05) is 5.32 Å². The smallest absolute Gasteiger partial charge is 0.238 e. The number of aromatic nitrogens is 3. The zero-order chi connectivity index (χ0) is 20.2. The molecular weight excluding hydrogens is 384 g/mol. The first-order valence-corrected chi connectivity index (χ1v) is 10.4. The van der Waals surface area contributed by atoms with E-state index in [0.717, 1.165) is 29.2 Å². The number of hydrogen-bond acceptors (Lipinski definition) is 5. The Labute approximate surface area is 173 Å². The van der Waals surface area contributed by atoms with E-state index in [4.69, 9.17) is 9.51 Å². The third kappa shape index (κ3) is 4.51. The van der Waals surface area contributed by atoms with E-state index in [9.17, 15) is 4.79 Å². The van der Waals surface area contributed by atoms with Crippen molar-refractivity contribution in [1.82, 2.24) is 14.7 Å². The lowest BCUT2D eigenvalue weighted by molar-refractivity contribution is -0.115. The largest absolute Gasteiger partial charge is 0.360 e. The number of amides is 1. The number of aryl methyl sites for hydroxylation is 3. The maximum absolute atomic E-state index is 12.6. The molecule has 2 aromatic carbocycles. The molecule has 2 heterocycles. The molecule has 0 aliphatic rings. The van der Waals surface area contributed by atoms with Crippen LogP contribution < -0.4 is 5.32 Å². The van der Waals surface area contributed by atoms with Crippen molar-refractivity contribution in [3.63, 3.8) is 0 Å². The Hall–Kier alpha value is -3.06. The normalized spacial score (nSPS) is 12.2. The van der Waals surface area contributed by atoms with Crippen LogP contribution in [-0.2, 0) is 17.8 Å². The predicted molar refractivity (Wildman–Crippen MR) is 115 cm³/mol. The molecule has 0 aliphatic heterocycles. The molecule has 0 radical (unpaired) electrons. The van der Waals surface area contributed by atoms with Gasteiger partial charge in [0.15, 0.2) is 11.0 Å². The molecule has 4 aromatic rings. The van der Waals surface area contributed by atoms with Gasteiger partial charge in [0.05, 0.1) is 16.3 Å². The molecule has 1 N–H and O–H groups in total. The molecule has 1 amide bonds. The highest BCUT2D eigenvalue weighted by molar-refractivity contribution is 8.00. The topological polar surface area (TPSA) is 73.0 Å². The lowest BCUT2D eigenvalue weighted by Crippen LogP contribution is -2.23. The van der Waals surface area contributed by atoms with E-state index in [0.29, 0.717) is 11.6 Å². The van der Waals surface area contributed by atoms with Gasteiger partial charge in [0, 0.05) is 12.6 Å². The molecule has 0 bridgehead atoms. The summed E-state index contributed by atoms with van der Waals surface area (Å²) in [7, 11) is 0. The lowest BCUT2D eigenvalue weighted by Gasteiger charge is -2.13. The van der Waals surface area contributed by atoms with Gasteiger partial charge >= 0.3 is 0 Å². The Morgan fingerprint density at radius 2 is 1.93 bits per heavy atom. The number of nitrogens with zero attached hydrogens (tertiary/aromatic N) is 3. The summed E-state index contributed by atoms with van der Waals surface area (Å²) in [6, 6.07) is 20.1. The highest BCUT2D eigenvalue weighted by Crippen LogP contribution is 2.28. The number of nitrogens with one attached hydrogen (secondary N) is 1. The van der Waals surface area contributed by atoms with Crippen molar-refractivity contribution in [2.24, 2.45) is 0 Å². The summed E-state index contributed by atoms with van der Waals surface area (Å²) in [5.41, 5.74) is 3.28. The molecule has 0 saturated heterocycles. The Morgan fingerprint density at radius 1 is 1.17 bits per heavy atom. The monoisotopic (exact) mass is 406 g/mol. The number of para-hydroxylation sites is 2. The van der Waals surface area contributed by atoms with E-state index in [-0.39, 0.29) is 11.2 Å². The van der Waals surface area contributed by atoms with Gasteiger partial charge < -0.3 is 14.4 Å². The summed E-state index contributed by atoms with van der Waals surface area (Å²) >= 11 is 1.45. The predicted octanol–water partition coefficient (Wildman–Crippen LogP) is 4.69. The molecule has 6 nitrogen and oxygen atoms in total. The Morgan fingerprint density at radius 3 is 2.69 bits per heavy atom. The molecule has 1 unspecified atom stereocenters. The van der Waals surface area contributed by atoms with Crippen molar-refractivity contribution < 1.29 is 9.32 Å². The summed E-state index contributed by atoms with van der Waals surface area (Å²) < 4.78 is 7.20. The third-order valence-corrected chi connectivity index (χ3v) is 5.71. The molecular formula is C22H22N4O2S. The molecule has 0 aliphatic carbocycles. The lowest BCUT2D eigenvalue weighted by atomic mass is 10.1. The quantitative estimate of drug-likeness (QED) is 0.451. The molecule has 1 atom stereocenters. The number of carbonyl (C=O) groups excluding carboxylic acids is 1. The number of hydrogen-bond donors (Lipinski definition) is 1. The van der Waals surface area contributed by atoms with Crippen LogP contribution in [0.15, 0.2) is 70.3 Å². The molecule has 4 rings (SSSR count). The molecule has 29 heavy (non-hydrogen) atoms. The van der Waals surface area contributed by atoms with E-state index < -0.39 is 0 Å². The first kappa shape index (κ1) is 19.3. The minimum absolute atomic E-state index is 0.134. The molecule has 0 saturated carbocycles. The zero-order valence-electron chi connectivity index (χ0n) is 16.3. The third-order valence-electron chi connectivity index (χ3n) is 4.62. The fourth-order valence-electron chi connectivity index (χ4n) is 3.11. The molecule has 2 aromatic heterocycles. The van der Waals surface area contributed by atoms with Gasteiger partial charge in [0.1, 0.15) is 5.76 Å². The van der Waals surface area contributed by atoms with Gasteiger partial charge in [-0.25, -0.2) is 4.98 Å². The van der Waals surface area contributed by atoms with Gasteiger partial charge in [0.25, 0.3) is 0 Å². The van der Waals surface area contributed by atoms with Crippen molar-refractivity contribution >= 4 is 34.5 Å². The Kier molecular flexibility index (Phi) is 5.67. The maximum Gasteiger partial charge on any atom is 0.238 e. The second-order valence-corrected chi connectivity index (χ2v) is 8.15. The van der Waals surface area contributed by atoms with Crippen molar-refractivity contribution in [2.45, 2.75) is 37.2 Å². The van der Waals surface area contributed by atoms with Gasteiger partial charge in [-0.2, -0.15) is 0 Å². The summed E-state index contributed by atoms with van der Waals surface area (Å²) in [6.07, 6.45) is 0.896. The number of benzene rings is 2. The number of carbonyl (C=O) groups is 1. The number of imidazole rings is 1. The first-order chi connectivity index (χ1) is 14.1. The first-order valence-electron chi connectivity index (χ1n) is 9.50. The highest BCUT2D eigenvalue weighted by Gasteiger charge is 2.20. The fraction of sp³-hybridized carbons (Fsp3) is 0.227. The van der Waals surface area contributed by atoms with Crippen molar-refractivity contribution in [3.8, 4) is 0 Å². The maximum atomic E-state index is 12.6. The van der Waals surface area contributed by atoms with Crippen molar-refractivity contribution in [1.29, 1.82) is 0 Å². The van der Waals surface area contributed by atoms with Crippen LogP contribution in [0, 0.1) is 6.92 Å². The van der Waals surface area contributed by atoms with Crippen LogP contribution in [0.1, 0.15) is 18.2 Å². The van der Waals surface area contributed by atoms with E-state index in [1.807, 2.05) is 31.2 Å². The zero-order valence-corrected chi connectivity index (χ0v) is 17.1. The van der Waals surface area contributed by atoms with Gasteiger partial charge in [-0.05, 0) is 38.0 Å². The van der Waals surface area contributed by atoms with Crippen LogP contribution in [-0.4, -0.2) is 25.9 Å². The second kappa shape index (κ2) is 8.53. The minimum atomic E-state index is -0.334. The molecule has 0 spiro atoms. The highest BCUT2D eigenvalue weighted by atomic mass is 32.2. The molecule has 7 heteroatoms. The molecule has 0 fully saturated rings. The number of thioether (sulfide) groups is 1. The van der Waals surface area contributed by atoms with Gasteiger partial charge in [-0.3, -0.25) is 4.79 Å². The summed E-state index contributed by atoms with van der Waals surface area (Å²) in [4.78, 5) is 17.4. The van der Waals surface area contributed by atoms with Gasteiger partial charge in [-0.1, -0.05) is 59.4 Å². The number of anilines is 1. The fourth-order valence-corrected chi connectivity index (χ4v) is 4.06. The SMILES string of the molecule is Cc1cc(NC(=O)C(C)Sc2nc3ccccc3n2CCc2ccccc2)no1. The van der Waals surface area contributed by atoms with Crippen molar-refractivity contribution in [3.05, 3.63) is 72.0 Å². The Bertz CT molecular complexity index is 1120. The van der Waals surface area contributed by atoms with E-state index in [2.05, 4.69) is 45.4 Å². The summed E-state index contributed by atoms with van der Waals surface area (Å²) in [6.45, 7) is 4.45. The second-order valence-electron chi connectivity index (χ2n) is 6.84. The van der Waals surface area contributed by atoms with Crippen LogP contribution in [0.4, 0.5) is 5.82 Å². The summed E-state index contributed by atoms with van der Waals surface area (Å²) in [5.74, 6) is 0.950. The number of fused-ring (bicyclic) bond motifs is 1. The average Bonchev–Trinajstić information content (AvgIpc) is 3.29. The molecule has 148 valence electrons.